The molecule has 0 radical (unpaired) electrons. The summed E-state index contributed by atoms with van der Waals surface area (Å²) in [6.07, 6.45) is 12.3. The fourth-order valence-electron chi connectivity index (χ4n) is 5.93. The van der Waals surface area contributed by atoms with Crippen molar-refractivity contribution < 1.29 is 20.5 Å². The first-order valence-electron chi connectivity index (χ1n) is 15.0. The molecule has 1 unspecified atom stereocenters. The Hall–Kier alpha value is -4.26. The van der Waals surface area contributed by atoms with Crippen LogP contribution in [-0.2, 0) is 4.74 Å². The number of nitro groups is 1. The van der Waals surface area contributed by atoms with Gasteiger partial charge in [0.25, 0.3) is 0 Å². The molecular weight excluding hydrogens is 540 g/mol. The Morgan fingerprint density at radius 3 is 2.60 bits per heavy atom. The van der Waals surface area contributed by atoms with Crippen LogP contribution in [0.5, 0.6) is 11.6 Å². The molecule has 3 aliphatic rings. The van der Waals surface area contributed by atoms with Crippen molar-refractivity contribution in [2.45, 2.75) is 69.7 Å². The molecule has 2 saturated carbocycles. The average molecular weight is 576 g/mol. The molecule has 13 heteroatoms. The van der Waals surface area contributed by atoms with Gasteiger partial charge in [0.05, 0.1) is 44.1 Å². The second kappa shape index (κ2) is 11.2. The van der Waals surface area contributed by atoms with Crippen molar-refractivity contribution in [3.8, 4) is 11.6 Å². The lowest BCUT2D eigenvalue weighted by atomic mass is 9.93. The van der Waals surface area contributed by atoms with Gasteiger partial charge in [0, 0.05) is 37.6 Å². The molecule has 1 aliphatic heterocycles. The number of fused-ring (bicyclic) bond motifs is 1. The standard InChI is InChI=1S/C29H34N8O5/c1-19(26-17-32-29(37(38)39)36(26)21-2-3-21)41-23-14-24-25(31-16-23)15-27(34-10-12-40-13-11-34)33-28(24)42-22-6-4-20(5-7-22)35-9-8-30-18-35/h8-9,14-22H,2-7,10-13H2,1H3/i19D. The van der Waals surface area contributed by atoms with E-state index in [1.807, 2.05) is 24.8 Å². The van der Waals surface area contributed by atoms with Crippen molar-refractivity contribution in [2.75, 3.05) is 31.2 Å². The minimum atomic E-state index is -1.65. The van der Waals surface area contributed by atoms with E-state index in [-0.39, 0.29) is 18.1 Å². The SMILES string of the molecule is [2H]C(C)(Oc1cnc2cc(N3CCOCC3)nc(OC3CCC(n4ccnc4)CC3)c2c1)c1cnc([N+](=O)[O-])n1C1CC1. The summed E-state index contributed by atoms with van der Waals surface area (Å²) >= 11 is 0. The molecule has 2 aliphatic carbocycles. The summed E-state index contributed by atoms with van der Waals surface area (Å²) in [6.45, 7) is 4.28. The fourth-order valence-corrected chi connectivity index (χ4v) is 5.93. The van der Waals surface area contributed by atoms with Crippen LogP contribution in [0.4, 0.5) is 11.8 Å². The molecule has 220 valence electrons. The summed E-state index contributed by atoms with van der Waals surface area (Å²) in [5, 5.41) is 12.3. The van der Waals surface area contributed by atoms with Crippen LogP contribution in [0.25, 0.3) is 10.9 Å². The summed E-state index contributed by atoms with van der Waals surface area (Å²) < 4.78 is 31.0. The highest BCUT2D eigenvalue weighted by molar-refractivity contribution is 5.87. The van der Waals surface area contributed by atoms with E-state index in [9.17, 15) is 10.1 Å². The minimum absolute atomic E-state index is 0.00475. The zero-order chi connectivity index (χ0) is 29.6. The van der Waals surface area contributed by atoms with Gasteiger partial charge in [-0.25, -0.2) is 9.55 Å². The van der Waals surface area contributed by atoms with Gasteiger partial charge in [-0.3, -0.25) is 4.98 Å². The van der Waals surface area contributed by atoms with Crippen molar-refractivity contribution >= 4 is 22.7 Å². The zero-order valence-electron chi connectivity index (χ0n) is 24.5. The van der Waals surface area contributed by atoms with E-state index < -0.39 is 11.0 Å². The molecule has 0 amide bonds. The van der Waals surface area contributed by atoms with E-state index in [0.717, 1.165) is 57.4 Å². The van der Waals surface area contributed by atoms with Crippen LogP contribution in [0.3, 0.4) is 0 Å². The number of nitrogens with zero attached hydrogens (tertiary/aromatic N) is 8. The van der Waals surface area contributed by atoms with Crippen LogP contribution >= 0.6 is 0 Å². The molecule has 4 aromatic heterocycles. The quantitative estimate of drug-likeness (QED) is 0.202. The number of aromatic nitrogens is 6. The van der Waals surface area contributed by atoms with Crippen LogP contribution in [0.15, 0.2) is 43.2 Å². The van der Waals surface area contributed by atoms with Crippen LogP contribution in [0.1, 0.15) is 70.7 Å². The molecule has 42 heavy (non-hydrogen) atoms. The van der Waals surface area contributed by atoms with Crippen LogP contribution in [-0.4, -0.2) is 66.4 Å². The smallest absolute Gasteiger partial charge is 0.435 e. The first-order chi connectivity index (χ1) is 20.9. The Kier molecular flexibility index (Phi) is 6.78. The molecule has 5 heterocycles. The Morgan fingerprint density at radius 2 is 1.88 bits per heavy atom. The maximum atomic E-state index is 11.6. The predicted octanol–water partition coefficient (Wildman–Crippen LogP) is 4.81. The van der Waals surface area contributed by atoms with Crippen LogP contribution in [0.2, 0.25) is 0 Å². The van der Waals surface area contributed by atoms with E-state index in [2.05, 4.69) is 19.4 Å². The van der Waals surface area contributed by atoms with Crippen molar-refractivity contribution in [3.05, 3.63) is 59.1 Å². The molecule has 0 aromatic carbocycles. The van der Waals surface area contributed by atoms with Gasteiger partial charge in [-0.1, -0.05) is 4.98 Å². The van der Waals surface area contributed by atoms with Crippen LogP contribution in [0, 0.1) is 10.1 Å². The van der Waals surface area contributed by atoms with E-state index in [1.165, 1.54) is 10.8 Å². The van der Waals surface area contributed by atoms with Gasteiger partial charge < -0.3 is 33.8 Å². The number of ether oxygens (including phenoxy) is 3. The van der Waals surface area contributed by atoms with E-state index in [1.54, 1.807) is 19.2 Å². The lowest BCUT2D eigenvalue weighted by molar-refractivity contribution is -0.396. The van der Waals surface area contributed by atoms with Gasteiger partial charge in [0.2, 0.25) is 5.88 Å². The maximum absolute atomic E-state index is 11.6. The summed E-state index contributed by atoms with van der Waals surface area (Å²) in [7, 11) is 0. The third kappa shape index (κ3) is 5.36. The highest BCUT2D eigenvalue weighted by Crippen LogP contribution is 2.41. The third-order valence-corrected chi connectivity index (χ3v) is 8.29. The van der Waals surface area contributed by atoms with E-state index >= 15 is 0 Å². The topological polar surface area (TPSA) is 135 Å². The highest BCUT2D eigenvalue weighted by atomic mass is 16.6. The summed E-state index contributed by atoms with van der Waals surface area (Å²) in [5.74, 6) is 1.33. The van der Waals surface area contributed by atoms with Crippen molar-refractivity contribution in [1.29, 1.82) is 0 Å². The minimum Gasteiger partial charge on any atom is -0.481 e. The second-order valence-corrected chi connectivity index (χ2v) is 11.1. The van der Waals surface area contributed by atoms with Crippen molar-refractivity contribution in [2.24, 2.45) is 0 Å². The Bertz CT molecular complexity index is 1610. The van der Waals surface area contributed by atoms with Gasteiger partial charge in [0.1, 0.15) is 23.9 Å². The number of morpholine rings is 1. The van der Waals surface area contributed by atoms with Crippen molar-refractivity contribution in [3.63, 3.8) is 0 Å². The number of anilines is 1. The molecule has 0 bridgehead atoms. The van der Waals surface area contributed by atoms with Crippen LogP contribution < -0.4 is 14.4 Å². The van der Waals surface area contributed by atoms with Gasteiger partial charge >= 0.3 is 5.95 Å². The molecule has 7 rings (SSSR count). The molecule has 1 atom stereocenters. The first-order valence-corrected chi connectivity index (χ1v) is 14.5. The summed E-state index contributed by atoms with van der Waals surface area (Å²) in [6, 6.07) is 4.10. The molecule has 1 saturated heterocycles. The zero-order valence-corrected chi connectivity index (χ0v) is 23.5. The van der Waals surface area contributed by atoms with Gasteiger partial charge in [-0.2, -0.15) is 4.98 Å². The third-order valence-electron chi connectivity index (χ3n) is 8.29. The number of imidazole rings is 2. The van der Waals surface area contributed by atoms with E-state index in [4.69, 9.17) is 25.5 Å². The number of pyridine rings is 2. The molecule has 13 nitrogen and oxygen atoms in total. The highest BCUT2D eigenvalue weighted by Gasteiger charge is 2.37. The lowest BCUT2D eigenvalue weighted by Crippen LogP contribution is -2.36. The molecule has 0 N–H and O–H groups in total. The maximum Gasteiger partial charge on any atom is 0.435 e. The van der Waals surface area contributed by atoms with Crippen molar-refractivity contribution in [1.82, 2.24) is 29.1 Å². The average Bonchev–Trinajstić information content (AvgIpc) is 3.49. The van der Waals surface area contributed by atoms with Gasteiger partial charge in [-0.15, -0.1) is 0 Å². The van der Waals surface area contributed by atoms with Gasteiger partial charge in [0.15, 0.2) is 11.8 Å². The van der Waals surface area contributed by atoms with Gasteiger partial charge in [-0.05, 0) is 56.4 Å². The Morgan fingerprint density at radius 1 is 1.10 bits per heavy atom. The number of hydrogen-bond donors (Lipinski definition) is 0. The largest absolute Gasteiger partial charge is 0.481 e. The molecule has 4 aromatic rings. The normalized spacial score (nSPS) is 22.9. The number of rotatable bonds is 9. The summed E-state index contributed by atoms with van der Waals surface area (Å²) in [4.78, 5) is 31.1. The second-order valence-electron chi connectivity index (χ2n) is 11.1. The molecule has 0 spiro atoms. The summed E-state index contributed by atoms with van der Waals surface area (Å²) in [5.41, 5.74) is 1.03. The molecule has 3 fully saturated rings. The fraction of sp³-hybridized carbons (Fsp3) is 0.517. The predicted molar refractivity (Wildman–Crippen MR) is 153 cm³/mol. The molecular formula is C29H34N8O5. The van der Waals surface area contributed by atoms with E-state index in [0.29, 0.717) is 47.5 Å². The Labute approximate surface area is 244 Å². The number of hydrogen-bond acceptors (Lipinski definition) is 10. The Balaban J connectivity index is 1.18. The first kappa shape index (κ1) is 25.5. The monoisotopic (exact) mass is 575 g/mol. The lowest BCUT2D eigenvalue weighted by Gasteiger charge is -2.31.